The zero-order valence-electron chi connectivity index (χ0n) is 18.2. The fraction of sp³-hybridized carbons (Fsp3) is 0.308. The molecule has 0 radical (unpaired) electrons. The third kappa shape index (κ3) is 6.42. The highest BCUT2D eigenvalue weighted by atomic mass is 19.4. The summed E-state index contributed by atoms with van der Waals surface area (Å²) in [4.78, 5) is 19.0. The lowest BCUT2D eigenvalue weighted by atomic mass is 9.89. The normalized spacial score (nSPS) is 15.4. The SMILES string of the molecule is O=C(Nc1ccc(C(F)(F)F)cc1)c1ccc(CC2CCN(Cc3ccncc3)CC2)cc1. The Labute approximate surface area is 191 Å². The molecule has 2 aromatic carbocycles. The van der Waals surface area contributed by atoms with Crippen LogP contribution in [0.2, 0.25) is 0 Å². The number of carbonyl (C=O) groups is 1. The fourth-order valence-corrected chi connectivity index (χ4v) is 4.17. The molecule has 0 atom stereocenters. The van der Waals surface area contributed by atoms with Gasteiger partial charge in [0.25, 0.3) is 5.91 Å². The van der Waals surface area contributed by atoms with Gasteiger partial charge in [-0.2, -0.15) is 13.2 Å². The van der Waals surface area contributed by atoms with Crippen LogP contribution in [0.4, 0.5) is 18.9 Å². The van der Waals surface area contributed by atoms with Crippen molar-refractivity contribution in [3.8, 4) is 0 Å². The molecule has 1 fully saturated rings. The molecule has 4 rings (SSSR count). The number of hydrogen-bond donors (Lipinski definition) is 1. The first kappa shape index (κ1) is 23.0. The molecule has 0 unspecified atom stereocenters. The summed E-state index contributed by atoms with van der Waals surface area (Å²) in [5.41, 5.74) is 2.54. The third-order valence-corrected chi connectivity index (χ3v) is 6.07. The molecule has 1 aromatic heterocycles. The summed E-state index contributed by atoms with van der Waals surface area (Å²) in [6.45, 7) is 3.10. The van der Waals surface area contributed by atoms with Crippen LogP contribution in [0.15, 0.2) is 73.1 Å². The number of piperidine rings is 1. The predicted octanol–water partition coefficient (Wildman–Crippen LogP) is 5.81. The van der Waals surface area contributed by atoms with Gasteiger partial charge in [0.1, 0.15) is 0 Å². The molecule has 3 aromatic rings. The standard InChI is InChI=1S/C26H26F3N3O/c27-26(28,29)23-5-7-24(8-6-23)31-25(33)22-3-1-19(2-4-22)17-20-11-15-32(16-12-20)18-21-9-13-30-14-10-21/h1-10,13-14,20H,11-12,15-18H2,(H,31,33). The van der Waals surface area contributed by atoms with Crippen molar-refractivity contribution < 1.29 is 18.0 Å². The van der Waals surface area contributed by atoms with Gasteiger partial charge in [0.15, 0.2) is 0 Å². The number of amides is 1. The van der Waals surface area contributed by atoms with Gasteiger partial charge in [-0.1, -0.05) is 12.1 Å². The van der Waals surface area contributed by atoms with Gasteiger partial charge in [-0.05, 0) is 97.9 Å². The molecule has 1 amide bonds. The third-order valence-electron chi connectivity index (χ3n) is 6.07. The number of benzene rings is 2. The highest BCUT2D eigenvalue weighted by Gasteiger charge is 2.30. The maximum atomic E-state index is 12.7. The van der Waals surface area contributed by atoms with E-state index in [0.29, 0.717) is 17.2 Å². The van der Waals surface area contributed by atoms with Gasteiger partial charge >= 0.3 is 6.18 Å². The van der Waals surface area contributed by atoms with Gasteiger partial charge in [-0.15, -0.1) is 0 Å². The van der Waals surface area contributed by atoms with Crippen LogP contribution < -0.4 is 5.32 Å². The first-order chi connectivity index (χ1) is 15.9. The Hall–Kier alpha value is -3.19. The van der Waals surface area contributed by atoms with E-state index >= 15 is 0 Å². The maximum Gasteiger partial charge on any atom is 0.416 e. The van der Waals surface area contributed by atoms with Crippen molar-refractivity contribution in [2.75, 3.05) is 18.4 Å². The molecule has 172 valence electrons. The van der Waals surface area contributed by atoms with E-state index in [1.54, 1.807) is 12.1 Å². The van der Waals surface area contributed by atoms with Gasteiger partial charge in [0, 0.05) is 30.2 Å². The minimum absolute atomic E-state index is 0.329. The Morgan fingerprint density at radius 2 is 1.55 bits per heavy atom. The van der Waals surface area contributed by atoms with Crippen LogP contribution in [0.5, 0.6) is 0 Å². The van der Waals surface area contributed by atoms with Crippen LogP contribution in [0.1, 0.15) is 39.9 Å². The van der Waals surface area contributed by atoms with E-state index in [1.807, 2.05) is 24.5 Å². The Morgan fingerprint density at radius 3 is 2.15 bits per heavy atom. The molecule has 1 aliphatic rings. The highest BCUT2D eigenvalue weighted by Crippen LogP contribution is 2.30. The van der Waals surface area contributed by atoms with Gasteiger partial charge in [-0.25, -0.2) is 0 Å². The van der Waals surface area contributed by atoms with Crippen LogP contribution in [0.25, 0.3) is 0 Å². The van der Waals surface area contributed by atoms with Gasteiger partial charge in [0.2, 0.25) is 0 Å². The number of nitrogens with zero attached hydrogens (tertiary/aromatic N) is 2. The van der Waals surface area contributed by atoms with Crippen molar-refractivity contribution in [1.29, 1.82) is 0 Å². The molecule has 0 aliphatic carbocycles. The molecule has 2 heterocycles. The van der Waals surface area contributed by atoms with Crippen LogP contribution >= 0.6 is 0 Å². The quantitative estimate of drug-likeness (QED) is 0.513. The van der Waals surface area contributed by atoms with Crippen molar-refractivity contribution in [3.63, 3.8) is 0 Å². The molecule has 7 heteroatoms. The topological polar surface area (TPSA) is 45.2 Å². The Balaban J connectivity index is 1.26. The maximum absolute atomic E-state index is 12.7. The lowest BCUT2D eigenvalue weighted by molar-refractivity contribution is -0.137. The summed E-state index contributed by atoms with van der Waals surface area (Å²) in [5, 5.41) is 2.65. The number of anilines is 1. The van der Waals surface area contributed by atoms with Gasteiger partial charge in [0.05, 0.1) is 5.56 Å². The van der Waals surface area contributed by atoms with Crippen molar-refractivity contribution in [2.45, 2.75) is 32.0 Å². The van der Waals surface area contributed by atoms with Crippen LogP contribution in [-0.2, 0) is 19.1 Å². The summed E-state index contributed by atoms with van der Waals surface area (Å²) in [5.74, 6) is 0.274. The number of rotatable bonds is 6. The minimum Gasteiger partial charge on any atom is -0.322 e. The van der Waals surface area contributed by atoms with Gasteiger partial charge in [-0.3, -0.25) is 14.7 Å². The second-order valence-corrected chi connectivity index (χ2v) is 8.51. The summed E-state index contributed by atoms with van der Waals surface area (Å²) in [6.07, 6.45) is 2.52. The molecule has 1 saturated heterocycles. The first-order valence-corrected chi connectivity index (χ1v) is 11.1. The number of likely N-dealkylation sites (tertiary alicyclic amines) is 1. The summed E-state index contributed by atoms with van der Waals surface area (Å²) >= 11 is 0. The number of alkyl halides is 3. The average molecular weight is 454 g/mol. The van der Waals surface area contributed by atoms with Crippen molar-refractivity contribution in [2.24, 2.45) is 5.92 Å². The summed E-state index contributed by atoms with van der Waals surface area (Å²) in [7, 11) is 0. The van der Waals surface area contributed by atoms with E-state index in [1.165, 1.54) is 23.3 Å². The lowest BCUT2D eigenvalue weighted by Gasteiger charge is -2.32. The Kier molecular flexibility index (Phi) is 7.08. The second-order valence-electron chi connectivity index (χ2n) is 8.51. The smallest absolute Gasteiger partial charge is 0.322 e. The van der Waals surface area contributed by atoms with E-state index in [-0.39, 0.29) is 5.91 Å². The summed E-state index contributed by atoms with van der Waals surface area (Å²) < 4.78 is 38.0. The van der Waals surface area contributed by atoms with Crippen molar-refractivity contribution >= 4 is 11.6 Å². The van der Waals surface area contributed by atoms with E-state index in [0.717, 1.165) is 51.0 Å². The summed E-state index contributed by atoms with van der Waals surface area (Å²) in [6, 6.07) is 16.0. The number of nitrogens with one attached hydrogen (secondary N) is 1. The molecule has 1 aliphatic heterocycles. The average Bonchev–Trinajstić information content (AvgIpc) is 2.81. The van der Waals surface area contributed by atoms with E-state index in [2.05, 4.69) is 27.3 Å². The van der Waals surface area contributed by atoms with Crippen LogP contribution in [0.3, 0.4) is 0 Å². The molecule has 4 nitrogen and oxygen atoms in total. The largest absolute Gasteiger partial charge is 0.416 e. The molecular weight excluding hydrogens is 427 g/mol. The highest BCUT2D eigenvalue weighted by molar-refractivity contribution is 6.04. The zero-order valence-corrected chi connectivity index (χ0v) is 18.2. The molecule has 33 heavy (non-hydrogen) atoms. The Morgan fingerprint density at radius 1 is 0.909 bits per heavy atom. The Bertz CT molecular complexity index is 1040. The number of halogens is 3. The number of aromatic nitrogens is 1. The lowest BCUT2D eigenvalue weighted by Crippen LogP contribution is -2.33. The number of hydrogen-bond acceptors (Lipinski definition) is 3. The van der Waals surface area contributed by atoms with Crippen molar-refractivity contribution in [1.82, 2.24) is 9.88 Å². The minimum atomic E-state index is -4.39. The second kappa shape index (κ2) is 10.2. The van der Waals surface area contributed by atoms with Crippen LogP contribution in [0, 0.1) is 5.92 Å². The molecular formula is C26H26F3N3O. The molecule has 1 N–H and O–H groups in total. The zero-order chi connectivity index (χ0) is 23.3. The fourth-order valence-electron chi connectivity index (χ4n) is 4.17. The predicted molar refractivity (Wildman–Crippen MR) is 122 cm³/mol. The van der Waals surface area contributed by atoms with E-state index in [9.17, 15) is 18.0 Å². The number of carbonyl (C=O) groups excluding carboxylic acids is 1. The monoisotopic (exact) mass is 453 g/mol. The van der Waals surface area contributed by atoms with Crippen molar-refractivity contribution in [3.05, 3.63) is 95.3 Å². The molecule has 0 spiro atoms. The van der Waals surface area contributed by atoms with Gasteiger partial charge < -0.3 is 5.32 Å². The van der Waals surface area contributed by atoms with E-state index in [4.69, 9.17) is 0 Å². The molecule has 0 saturated carbocycles. The molecule has 0 bridgehead atoms. The first-order valence-electron chi connectivity index (χ1n) is 11.1. The van der Waals surface area contributed by atoms with E-state index < -0.39 is 11.7 Å². The number of pyridine rings is 1. The van der Waals surface area contributed by atoms with Crippen LogP contribution in [-0.4, -0.2) is 28.9 Å².